The van der Waals surface area contributed by atoms with E-state index < -0.39 is 17.6 Å². The minimum atomic E-state index is -1.33. The van der Waals surface area contributed by atoms with Gasteiger partial charge in [0.25, 0.3) is 0 Å². The molecule has 1 rings (SSSR count). The number of carboxylic acids is 1. The van der Waals surface area contributed by atoms with Crippen molar-refractivity contribution in [3.8, 4) is 5.75 Å². The number of carboxylic acid groups (broad SMARTS) is 1. The van der Waals surface area contributed by atoms with Crippen LogP contribution in [-0.2, 0) is 0 Å². The van der Waals surface area contributed by atoms with Crippen LogP contribution in [0, 0.1) is 18.6 Å². The molecular formula is C12H14F2O3. The van der Waals surface area contributed by atoms with Crippen molar-refractivity contribution in [2.75, 3.05) is 6.61 Å². The van der Waals surface area contributed by atoms with Gasteiger partial charge >= 0.3 is 5.97 Å². The van der Waals surface area contributed by atoms with Gasteiger partial charge < -0.3 is 9.84 Å². The first kappa shape index (κ1) is 13.4. The predicted molar refractivity (Wildman–Crippen MR) is 58.5 cm³/mol. The van der Waals surface area contributed by atoms with E-state index in [0.717, 1.165) is 18.9 Å². The van der Waals surface area contributed by atoms with E-state index in [1.54, 1.807) is 0 Å². The van der Waals surface area contributed by atoms with Gasteiger partial charge in [-0.15, -0.1) is 0 Å². The largest absolute Gasteiger partial charge is 0.493 e. The van der Waals surface area contributed by atoms with Gasteiger partial charge in [-0.05, 0) is 13.3 Å². The fourth-order valence-corrected chi connectivity index (χ4v) is 1.43. The summed E-state index contributed by atoms with van der Waals surface area (Å²) >= 11 is 0. The van der Waals surface area contributed by atoms with Crippen LogP contribution in [0.1, 0.15) is 35.7 Å². The Morgan fingerprint density at radius 1 is 1.47 bits per heavy atom. The first-order valence-electron chi connectivity index (χ1n) is 5.33. The fourth-order valence-electron chi connectivity index (χ4n) is 1.43. The Labute approximate surface area is 98.0 Å². The normalized spacial score (nSPS) is 10.4. The van der Waals surface area contributed by atoms with Crippen molar-refractivity contribution in [2.24, 2.45) is 0 Å². The van der Waals surface area contributed by atoms with Gasteiger partial charge in [-0.25, -0.2) is 13.6 Å². The minimum absolute atomic E-state index is 0.123. The highest BCUT2D eigenvalue weighted by molar-refractivity contribution is 5.92. The van der Waals surface area contributed by atoms with Gasteiger partial charge in [0.15, 0.2) is 11.6 Å². The summed E-state index contributed by atoms with van der Waals surface area (Å²) in [5, 5.41) is 8.95. The van der Waals surface area contributed by atoms with Gasteiger partial charge in [0.05, 0.1) is 6.61 Å². The Morgan fingerprint density at radius 2 is 2.12 bits per heavy atom. The first-order chi connectivity index (χ1) is 7.99. The second kappa shape index (κ2) is 5.61. The molecule has 0 unspecified atom stereocenters. The van der Waals surface area contributed by atoms with E-state index in [9.17, 15) is 13.6 Å². The average molecular weight is 244 g/mol. The van der Waals surface area contributed by atoms with Crippen molar-refractivity contribution in [3.63, 3.8) is 0 Å². The van der Waals surface area contributed by atoms with Crippen molar-refractivity contribution in [1.82, 2.24) is 0 Å². The number of hydrogen-bond acceptors (Lipinski definition) is 2. The van der Waals surface area contributed by atoms with Gasteiger partial charge in [-0.1, -0.05) is 13.3 Å². The fraction of sp³-hybridized carbons (Fsp3) is 0.417. The topological polar surface area (TPSA) is 46.5 Å². The maximum Gasteiger partial charge on any atom is 0.339 e. The molecule has 0 saturated carbocycles. The zero-order valence-electron chi connectivity index (χ0n) is 9.72. The number of hydrogen-bond donors (Lipinski definition) is 1. The van der Waals surface area contributed by atoms with Crippen LogP contribution in [0.2, 0.25) is 0 Å². The van der Waals surface area contributed by atoms with Gasteiger partial charge in [-0.3, -0.25) is 0 Å². The Bertz CT molecular complexity index is 430. The summed E-state index contributed by atoms with van der Waals surface area (Å²) < 4.78 is 31.5. The second-order valence-electron chi connectivity index (χ2n) is 3.68. The molecule has 1 N–H and O–H groups in total. The van der Waals surface area contributed by atoms with Crippen molar-refractivity contribution < 1.29 is 23.4 Å². The maximum absolute atomic E-state index is 13.2. The summed E-state index contributed by atoms with van der Waals surface area (Å²) in [6.45, 7) is 3.44. The van der Waals surface area contributed by atoms with E-state index in [2.05, 4.69) is 0 Å². The smallest absolute Gasteiger partial charge is 0.339 e. The van der Waals surface area contributed by atoms with E-state index in [-0.39, 0.29) is 23.5 Å². The lowest BCUT2D eigenvalue weighted by molar-refractivity contribution is 0.0690. The lowest BCUT2D eigenvalue weighted by Crippen LogP contribution is -2.09. The van der Waals surface area contributed by atoms with Crippen molar-refractivity contribution >= 4 is 5.97 Å². The molecule has 0 aliphatic carbocycles. The Morgan fingerprint density at radius 3 is 2.65 bits per heavy atom. The van der Waals surface area contributed by atoms with Crippen molar-refractivity contribution in [1.29, 1.82) is 0 Å². The molecule has 3 nitrogen and oxygen atoms in total. The second-order valence-corrected chi connectivity index (χ2v) is 3.68. The highest BCUT2D eigenvalue weighted by Crippen LogP contribution is 2.27. The maximum atomic E-state index is 13.2. The molecule has 5 heteroatoms. The monoisotopic (exact) mass is 244 g/mol. The van der Waals surface area contributed by atoms with Crippen LogP contribution in [-0.4, -0.2) is 17.7 Å². The number of carbonyl (C=O) groups is 1. The van der Waals surface area contributed by atoms with E-state index >= 15 is 0 Å². The minimum Gasteiger partial charge on any atom is -0.493 e. The number of unbranched alkanes of at least 4 members (excludes halogenated alkanes) is 1. The zero-order valence-corrected chi connectivity index (χ0v) is 9.72. The third-order valence-corrected chi connectivity index (χ3v) is 2.39. The molecule has 0 amide bonds. The molecule has 0 aliphatic rings. The van der Waals surface area contributed by atoms with Gasteiger partial charge in [-0.2, -0.15) is 0 Å². The van der Waals surface area contributed by atoms with Crippen LogP contribution >= 0.6 is 0 Å². The van der Waals surface area contributed by atoms with Gasteiger partial charge in [0.2, 0.25) is 0 Å². The molecule has 1 aromatic carbocycles. The van der Waals surface area contributed by atoms with E-state index in [1.165, 1.54) is 6.92 Å². The van der Waals surface area contributed by atoms with E-state index in [4.69, 9.17) is 9.84 Å². The molecule has 0 aliphatic heterocycles. The number of benzene rings is 1. The van der Waals surface area contributed by atoms with Crippen molar-refractivity contribution in [2.45, 2.75) is 26.7 Å². The summed E-state index contributed by atoms with van der Waals surface area (Å²) in [7, 11) is 0. The summed E-state index contributed by atoms with van der Waals surface area (Å²) in [5.74, 6) is -3.69. The molecule has 0 radical (unpaired) electrons. The molecule has 94 valence electrons. The summed E-state index contributed by atoms with van der Waals surface area (Å²) in [6.07, 6.45) is 1.59. The zero-order chi connectivity index (χ0) is 13.0. The van der Waals surface area contributed by atoms with Gasteiger partial charge in [0, 0.05) is 11.6 Å². The average Bonchev–Trinajstić information content (AvgIpc) is 2.26. The SMILES string of the molecule is CCCCOc1cc(F)c(F)c(C)c1C(=O)O. The standard InChI is InChI=1S/C12H14F2O3/c1-3-4-5-17-9-6-8(13)11(14)7(2)10(9)12(15)16/h6H,3-5H2,1-2H3,(H,15,16). The molecule has 0 atom stereocenters. The van der Waals surface area contributed by atoms with E-state index in [0.29, 0.717) is 0 Å². The lowest BCUT2D eigenvalue weighted by atomic mass is 10.1. The third-order valence-electron chi connectivity index (χ3n) is 2.39. The van der Waals surface area contributed by atoms with Gasteiger partial charge in [0.1, 0.15) is 11.3 Å². The van der Waals surface area contributed by atoms with Crippen LogP contribution in [0.4, 0.5) is 8.78 Å². The molecule has 1 aromatic rings. The summed E-state index contributed by atoms with van der Waals surface area (Å²) in [6, 6.07) is 0.779. The summed E-state index contributed by atoms with van der Waals surface area (Å²) in [5.41, 5.74) is -0.566. The van der Waals surface area contributed by atoms with Crippen LogP contribution in [0.25, 0.3) is 0 Å². The Hall–Kier alpha value is -1.65. The predicted octanol–water partition coefficient (Wildman–Crippen LogP) is 3.15. The number of halogens is 2. The van der Waals surface area contributed by atoms with Crippen LogP contribution in [0.3, 0.4) is 0 Å². The molecule has 0 spiro atoms. The Balaban J connectivity index is 3.14. The van der Waals surface area contributed by atoms with Crippen LogP contribution in [0.15, 0.2) is 6.07 Å². The van der Waals surface area contributed by atoms with Crippen LogP contribution < -0.4 is 4.74 Å². The summed E-state index contributed by atoms with van der Waals surface area (Å²) in [4.78, 5) is 11.0. The lowest BCUT2D eigenvalue weighted by Gasteiger charge is -2.12. The Kier molecular flexibility index (Phi) is 4.43. The molecular weight excluding hydrogens is 230 g/mol. The molecule has 0 heterocycles. The molecule has 0 bridgehead atoms. The molecule has 0 saturated heterocycles. The van der Waals surface area contributed by atoms with E-state index in [1.807, 2.05) is 6.92 Å². The first-order valence-corrected chi connectivity index (χ1v) is 5.33. The van der Waals surface area contributed by atoms with Crippen molar-refractivity contribution in [3.05, 3.63) is 28.8 Å². The van der Waals surface area contributed by atoms with Crippen LogP contribution in [0.5, 0.6) is 5.75 Å². The third kappa shape index (κ3) is 2.93. The highest BCUT2D eigenvalue weighted by atomic mass is 19.2. The number of aromatic carboxylic acids is 1. The molecule has 0 fully saturated rings. The number of ether oxygens (including phenoxy) is 1. The highest BCUT2D eigenvalue weighted by Gasteiger charge is 2.21. The number of rotatable bonds is 5. The quantitative estimate of drug-likeness (QED) is 0.809. The molecule has 0 aromatic heterocycles. The molecule has 17 heavy (non-hydrogen) atoms.